The van der Waals surface area contributed by atoms with E-state index in [1.54, 1.807) is 0 Å². The Morgan fingerprint density at radius 2 is 1.71 bits per heavy atom. The van der Waals surface area contributed by atoms with Crippen LogP contribution < -0.4 is 0 Å². The highest BCUT2D eigenvalue weighted by Crippen LogP contribution is 2.28. The van der Waals surface area contributed by atoms with E-state index in [2.05, 4.69) is 63.3 Å². The molecule has 0 N–H and O–H groups in total. The molecule has 0 spiro atoms. The molecule has 1 aromatic rings. The number of unbranched alkanes of at least 4 members (excludes halogenated alkanes) is 4. The van der Waals surface area contributed by atoms with E-state index < -0.39 is 0 Å². The van der Waals surface area contributed by atoms with Gasteiger partial charge in [-0.1, -0.05) is 88.4 Å². The van der Waals surface area contributed by atoms with Crippen molar-refractivity contribution in [2.75, 3.05) is 13.2 Å². The lowest BCUT2D eigenvalue weighted by atomic mass is 9.86. The van der Waals surface area contributed by atoms with Crippen LogP contribution in [0.1, 0.15) is 83.6 Å². The summed E-state index contributed by atoms with van der Waals surface area (Å²) in [6.45, 7) is 8.24. The van der Waals surface area contributed by atoms with Gasteiger partial charge in [0.2, 0.25) is 0 Å². The van der Waals surface area contributed by atoms with Gasteiger partial charge in [-0.15, -0.1) is 0 Å². The summed E-state index contributed by atoms with van der Waals surface area (Å²) in [5.41, 5.74) is 1.42. The highest BCUT2D eigenvalue weighted by Gasteiger charge is 2.16. The van der Waals surface area contributed by atoms with Crippen LogP contribution in [0.25, 0.3) is 0 Å². The molecule has 0 amide bonds. The fourth-order valence-corrected chi connectivity index (χ4v) is 3.28. The first-order valence-electron chi connectivity index (χ1n) is 10.1. The van der Waals surface area contributed by atoms with E-state index in [0.29, 0.717) is 11.8 Å². The Morgan fingerprint density at radius 3 is 2.38 bits per heavy atom. The summed E-state index contributed by atoms with van der Waals surface area (Å²) in [7, 11) is 0. The minimum absolute atomic E-state index is 0.508. The summed E-state index contributed by atoms with van der Waals surface area (Å²) in [6.07, 6.45) is 15.3. The van der Waals surface area contributed by atoms with Gasteiger partial charge in [-0.25, -0.2) is 0 Å². The van der Waals surface area contributed by atoms with Gasteiger partial charge in [-0.3, -0.25) is 0 Å². The monoisotopic (exact) mass is 330 g/mol. The fourth-order valence-electron chi connectivity index (χ4n) is 3.28. The lowest BCUT2D eigenvalue weighted by molar-refractivity contribution is 0.126. The highest BCUT2D eigenvalue weighted by molar-refractivity contribution is 5.20. The molecule has 1 heteroatoms. The van der Waals surface area contributed by atoms with Crippen molar-refractivity contribution < 1.29 is 4.74 Å². The molecule has 0 aliphatic rings. The Balaban J connectivity index is 2.62. The summed E-state index contributed by atoms with van der Waals surface area (Å²) in [5.74, 6) is 1.19. The van der Waals surface area contributed by atoms with Crippen LogP contribution in [0.15, 0.2) is 42.5 Å². The van der Waals surface area contributed by atoms with E-state index >= 15 is 0 Å². The maximum absolute atomic E-state index is 5.79. The van der Waals surface area contributed by atoms with Gasteiger partial charge in [0, 0.05) is 12.5 Å². The summed E-state index contributed by atoms with van der Waals surface area (Å²) in [5, 5.41) is 0. The smallest absolute Gasteiger partial charge is 0.0534 e. The van der Waals surface area contributed by atoms with Crippen LogP contribution in [0.5, 0.6) is 0 Å². The zero-order valence-corrected chi connectivity index (χ0v) is 16.2. The number of ether oxygens (including phenoxy) is 1. The van der Waals surface area contributed by atoms with Crippen molar-refractivity contribution in [1.29, 1.82) is 0 Å². The van der Waals surface area contributed by atoms with Crippen LogP contribution >= 0.6 is 0 Å². The van der Waals surface area contributed by atoms with Crippen molar-refractivity contribution in [2.45, 2.75) is 78.1 Å². The molecule has 0 aliphatic heterocycles. The molecule has 0 radical (unpaired) electrons. The first-order chi connectivity index (χ1) is 11.8. The third kappa shape index (κ3) is 9.27. The standard InChI is InChI=1S/C23H38O/c1-4-7-9-10-12-16-21(15-8-5-2)19-23(20-24-6-3)22-17-13-11-14-18-22/h8,11,13-15,17-18,21,23H,4-7,9-10,12,16,19-20H2,1-3H3. The van der Waals surface area contributed by atoms with Crippen molar-refractivity contribution in [3.05, 3.63) is 48.0 Å². The molecule has 1 nitrogen and oxygen atoms in total. The van der Waals surface area contributed by atoms with Gasteiger partial charge >= 0.3 is 0 Å². The number of allylic oxidation sites excluding steroid dienone is 2. The number of benzene rings is 1. The van der Waals surface area contributed by atoms with Crippen molar-refractivity contribution in [3.63, 3.8) is 0 Å². The lowest BCUT2D eigenvalue weighted by Crippen LogP contribution is -2.13. The summed E-state index contributed by atoms with van der Waals surface area (Å²) in [4.78, 5) is 0. The Kier molecular flexibility index (Phi) is 12.5. The van der Waals surface area contributed by atoms with E-state index in [9.17, 15) is 0 Å². The second-order valence-corrected chi connectivity index (χ2v) is 6.80. The second kappa shape index (κ2) is 14.3. The van der Waals surface area contributed by atoms with Gasteiger partial charge in [-0.2, -0.15) is 0 Å². The van der Waals surface area contributed by atoms with Crippen LogP contribution in [0, 0.1) is 5.92 Å². The van der Waals surface area contributed by atoms with Gasteiger partial charge in [0.1, 0.15) is 0 Å². The Morgan fingerprint density at radius 1 is 0.958 bits per heavy atom. The van der Waals surface area contributed by atoms with Crippen LogP contribution in [-0.4, -0.2) is 13.2 Å². The molecule has 1 aromatic carbocycles. The number of hydrogen-bond acceptors (Lipinski definition) is 1. The molecule has 0 fully saturated rings. The molecule has 0 aromatic heterocycles. The molecule has 0 saturated carbocycles. The third-order valence-electron chi connectivity index (χ3n) is 4.70. The molecule has 0 saturated heterocycles. The van der Waals surface area contributed by atoms with Crippen molar-refractivity contribution in [1.82, 2.24) is 0 Å². The lowest BCUT2D eigenvalue weighted by Gasteiger charge is -2.22. The van der Waals surface area contributed by atoms with Crippen LogP contribution in [0.4, 0.5) is 0 Å². The van der Waals surface area contributed by atoms with Gasteiger partial charge in [0.25, 0.3) is 0 Å². The molecule has 24 heavy (non-hydrogen) atoms. The Bertz CT molecular complexity index is 409. The van der Waals surface area contributed by atoms with Crippen LogP contribution in [-0.2, 0) is 4.74 Å². The van der Waals surface area contributed by atoms with E-state index in [-0.39, 0.29) is 0 Å². The average Bonchev–Trinajstić information content (AvgIpc) is 2.63. The zero-order valence-electron chi connectivity index (χ0n) is 16.2. The van der Waals surface area contributed by atoms with Gasteiger partial charge in [0.05, 0.1) is 6.61 Å². The van der Waals surface area contributed by atoms with Crippen molar-refractivity contribution in [2.24, 2.45) is 5.92 Å². The molecule has 2 atom stereocenters. The minimum atomic E-state index is 0.508. The summed E-state index contributed by atoms with van der Waals surface area (Å²) < 4.78 is 5.79. The normalized spacial score (nSPS) is 14.1. The molecule has 0 heterocycles. The van der Waals surface area contributed by atoms with Gasteiger partial charge in [-0.05, 0) is 37.7 Å². The maximum atomic E-state index is 5.79. The van der Waals surface area contributed by atoms with E-state index in [1.807, 2.05) is 0 Å². The Hall–Kier alpha value is -1.08. The summed E-state index contributed by atoms with van der Waals surface area (Å²) >= 11 is 0. The first-order valence-corrected chi connectivity index (χ1v) is 10.1. The van der Waals surface area contributed by atoms with Crippen LogP contribution in [0.3, 0.4) is 0 Å². The SMILES string of the molecule is CCC=CC(CCCCCCC)CC(COCC)c1ccccc1. The molecular formula is C23H38O. The van der Waals surface area contributed by atoms with Gasteiger partial charge < -0.3 is 4.74 Å². The molecule has 1 rings (SSSR count). The molecular weight excluding hydrogens is 292 g/mol. The number of rotatable bonds is 14. The second-order valence-electron chi connectivity index (χ2n) is 6.80. The molecule has 0 aliphatic carbocycles. The molecule has 0 bridgehead atoms. The van der Waals surface area contributed by atoms with Crippen molar-refractivity contribution >= 4 is 0 Å². The summed E-state index contributed by atoms with van der Waals surface area (Å²) in [6, 6.07) is 10.9. The average molecular weight is 331 g/mol. The highest BCUT2D eigenvalue weighted by atomic mass is 16.5. The zero-order chi connectivity index (χ0) is 17.5. The van der Waals surface area contributed by atoms with Crippen molar-refractivity contribution in [3.8, 4) is 0 Å². The predicted molar refractivity (Wildman–Crippen MR) is 107 cm³/mol. The number of hydrogen-bond donors (Lipinski definition) is 0. The van der Waals surface area contributed by atoms with E-state index in [0.717, 1.165) is 19.6 Å². The quantitative estimate of drug-likeness (QED) is 0.260. The largest absolute Gasteiger partial charge is 0.381 e. The molecule has 2 unspecified atom stereocenters. The van der Waals surface area contributed by atoms with Gasteiger partial charge in [0.15, 0.2) is 0 Å². The molecule has 136 valence electrons. The Labute approximate surface area is 150 Å². The van der Waals surface area contributed by atoms with E-state index in [4.69, 9.17) is 4.74 Å². The van der Waals surface area contributed by atoms with E-state index in [1.165, 1.54) is 50.5 Å². The minimum Gasteiger partial charge on any atom is -0.381 e. The maximum Gasteiger partial charge on any atom is 0.0534 e. The third-order valence-corrected chi connectivity index (χ3v) is 4.70. The topological polar surface area (TPSA) is 9.23 Å². The van der Waals surface area contributed by atoms with Crippen LogP contribution in [0.2, 0.25) is 0 Å². The fraction of sp³-hybridized carbons (Fsp3) is 0.652. The first kappa shape index (κ1) is 21.0. The predicted octanol–water partition coefficient (Wildman–Crippen LogP) is 7.14.